The minimum Gasteiger partial charge on any atom is -0.491 e. The van der Waals surface area contributed by atoms with Gasteiger partial charge in [-0.2, -0.15) is 0 Å². The Bertz CT molecular complexity index is 949. The van der Waals surface area contributed by atoms with Gasteiger partial charge in [0, 0.05) is 28.0 Å². The fraction of sp³-hybridized carbons (Fsp3) is 0.250. The van der Waals surface area contributed by atoms with Crippen molar-refractivity contribution in [3.8, 4) is 5.75 Å². The number of hydrogen-bond donors (Lipinski definition) is 1. The molecule has 0 radical (unpaired) electrons. The predicted octanol–water partition coefficient (Wildman–Crippen LogP) is 4.99. The van der Waals surface area contributed by atoms with Gasteiger partial charge in [0.1, 0.15) is 18.1 Å². The number of carbonyl (C=O) groups excluding carboxylic acids is 1. The largest absolute Gasteiger partial charge is 0.491 e. The molecule has 1 amide bonds. The van der Waals surface area contributed by atoms with Gasteiger partial charge in [-0.25, -0.2) is 0 Å². The number of halogens is 2. The van der Waals surface area contributed by atoms with Gasteiger partial charge in [0.05, 0.1) is 6.04 Å². The number of aryl methyl sites for hydroxylation is 2. The third-order valence-corrected chi connectivity index (χ3v) is 4.81. The van der Waals surface area contributed by atoms with E-state index in [-0.39, 0.29) is 11.9 Å². The molecule has 0 aliphatic heterocycles. The van der Waals surface area contributed by atoms with Gasteiger partial charge in [0.25, 0.3) is 5.91 Å². The van der Waals surface area contributed by atoms with Gasteiger partial charge in [-0.1, -0.05) is 23.2 Å². The van der Waals surface area contributed by atoms with E-state index in [1.807, 2.05) is 43.7 Å². The third kappa shape index (κ3) is 3.81. The Morgan fingerprint density at radius 3 is 2.50 bits per heavy atom. The molecule has 0 fully saturated rings. The quantitative estimate of drug-likeness (QED) is 0.666. The minimum absolute atomic E-state index is 0.135. The normalized spacial score (nSPS) is 12.2. The Morgan fingerprint density at radius 1 is 1.15 bits per heavy atom. The van der Waals surface area contributed by atoms with Crippen molar-refractivity contribution in [3.05, 3.63) is 63.8 Å². The summed E-state index contributed by atoms with van der Waals surface area (Å²) in [5, 5.41) is 5.29. The molecule has 3 rings (SSSR count). The van der Waals surface area contributed by atoms with Crippen LogP contribution in [-0.4, -0.2) is 23.1 Å². The first-order valence-electron chi connectivity index (χ1n) is 8.30. The smallest absolute Gasteiger partial charge is 0.268 e. The first kappa shape index (κ1) is 18.6. The van der Waals surface area contributed by atoms with Crippen LogP contribution in [0.1, 0.15) is 23.0 Å². The van der Waals surface area contributed by atoms with Crippen LogP contribution in [0.15, 0.2) is 42.5 Å². The second kappa shape index (κ2) is 7.60. The molecule has 6 heteroatoms. The second-order valence-corrected chi connectivity index (χ2v) is 7.21. The standard InChI is InChI=1S/C20H20Cl2N2O2/c1-12(11-26-16-7-4-14(21)5-8-16)23-20(25)19-13(2)17-10-15(22)6-9-18(17)24(19)3/h4-10,12H,11H2,1-3H3,(H,23,25)/t12-/m0/s1. The molecule has 3 aromatic rings. The molecule has 1 atom stereocenters. The van der Waals surface area contributed by atoms with E-state index in [0.29, 0.717) is 28.1 Å². The zero-order chi connectivity index (χ0) is 18.8. The number of nitrogens with zero attached hydrogens (tertiary/aromatic N) is 1. The highest BCUT2D eigenvalue weighted by atomic mass is 35.5. The molecule has 4 nitrogen and oxygen atoms in total. The van der Waals surface area contributed by atoms with Crippen molar-refractivity contribution in [2.75, 3.05) is 6.61 Å². The lowest BCUT2D eigenvalue weighted by Gasteiger charge is -2.16. The van der Waals surface area contributed by atoms with E-state index in [1.165, 1.54) is 0 Å². The highest BCUT2D eigenvalue weighted by Gasteiger charge is 2.20. The molecule has 0 saturated heterocycles. The first-order chi connectivity index (χ1) is 12.4. The lowest BCUT2D eigenvalue weighted by atomic mass is 10.1. The van der Waals surface area contributed by atoms with Gasteiger partial charge in [0.2, 0.25) is 0 Å². The minimum atomic E-state index is -0.154. The molecule has 0 aliphatic carbocycles. The number of benzene rings is 2. The molecule has 2 aromatic carbocycles. The van der Waals surface area contributed by atoms with Crippen LogP contribution in [0.2, 0.25) is 10.0 Å². The Balaban J connectivity index is 1.71. The van der Waals surface area contributed by atoms with E-state index in [1.54, 1.807) is 24.3 Å². The molecule has 0 aliphatic rings. The molecule has 1 heterocycles. The summed E-state index contributed by atoms with van der Waals surface area (Å²) >= 11 is 12.0. The summed E-state index contributed by atoms with van der Waals surface area (Å²) in [6, 6.07) is 12.6. The van der Waals surface area contributed by atoms with Crippen LogP contribution in [0.4, 0.5) is 0 Å². The lowest BCUT2D eigenvalue weighted by Crippen LogP contribution is -2.37. The van der Waals surface area contributed by atoms with Crippen LogP contribution in [0.25, 0.3) is 10.9 Å². The summed E-state index contributed by atoms with van der Waals surface area (Å²) in [4.78, 5) is 12.8. The number of hydrogen-bond acceptors (Lipinski definition) is 2. The zero-order valence-electron chi connectivity index (χ0n) is 14.8. The summed E-state index contributed by atoms with van der Waals surface area (Å²) in [5.41, 5.74) is 2.51. The van der Waals surface area contributed by atoms with Crippen molar-refractivity contribution in [3.63, 3.8) is 0 Å². The molecular weight excluding hydrogens is 371 g/mol. The number of amides is 1. The molecule has 0 bridgehead atoms. The van der Waals surface area contributed by atoms with Crippen molar-refractivity contribution < 1.29 is 9.53 Å². The maximum Gasteiger partial charge on any atom is 0.268 e. The number of carbonyl (C=O) groups is 1. The molecule has 0 saturated carbocycles. The highest BCUT2D eigenvalue weighted by Crippen LogP contribution is 2.27. The Morgan fingerprint density at radius 2 is 1.81 bits per heavy atom. The molecule has 0 unspecified atom stereocenters. The van der Waals surface area contributed by atoms with E-state index in [2.05, 4.69) is 5.32 Å². The van der Waals surface area contributed by atoms with Crippen molar-refractivity contribution in [1.29, 1.82) is 0 Å². The fourth-order valence-electron chi connectivity index (χ4n) is 3.01. The van der Waals surface area contributed by atoms with Gasteiger partial charge in [0.15, 0.2) is 0 Å². The van der Waals surface area contributed by atoms with Gasteiger partial charge >= 0.3 is 0 Å². The highest BCUT2D eigenvalue weighted by molar-refractivity contribution is 6.31. The fourth-order valence-corrected chi connectivity index (χ4v) is 3.31. The average Bonchev–Trinajstić information content (AvgIpc) is 2.85. The number of rotatable bonds is 5. The van der Waals surface area contributed by atoms with Crippen molar-refractivity contribution in [2.24, 2.45) is 7.05 Å². The summed E-state index contributed by atoms with van der Waals surface area (Å²) in [5.74, 6) is 0.579. The number of nitrogens with one attached hydrogen (secondary N) is 1. The van der Waals surface area contributed by atoms with Gasteiger partial charge < -0.3 is 14.6 Å². The lowest BCUT2D eigenvalue weighted by molar-refractivity contribution is 0.0918. The van der Waals surface area contributed by atoms with Crippen molar-refractivity contribution in [1.82, 2.24) is 9.88 Å². The van der Waals surface area contributed by atoms with Crippen LogP contribution in [0, 0.1) is 6.92 Å². The Labute approximate surface area is 162 Å². The third-order valence-electron chi connectivity index (χ3n) is 4.32. The molecule has 26 heavy (non-hydrogen) atoms. The maximum atomic E-state index is 12.8. The van der Waals surface area contributed by atoms with E-state index in [9.17, 15) is 4.79 Å². The van der Waals surface area contributed by atoms with E-state index < -0.39 is 0 Å². The van der Waals surface area contributed by atoms with Crippen molar-refractivity contribution >= 4 is 40.0 Å². The number of ether oxygens (including phenoxy) is 1. The molecular formula is C20H20Cl2N2O2. The predicted molar refractivity (Wildman–Crippen MR) is 107 cm³/mol. The number of fused-ring (bicyclic) bond motifs is 1. The van der Waals surface area contributed by atoms with Crippen molar-refractivity contribution in [2.45, 2.75) is 19.9 Å². The SMILES string of the molecule is Cc1c(C(=O)N[C@@H](C)COc2ccc(Cl)cc2)n(C)c2ccc(Cl)cc12. The number of aromatic nitrogens is 1. The van der Waals surface area contributed by atoms with Crippen LogP contribution >= 0.6 is 23.2 Å². The summed E-state index contributed by atoms with van der Waals surface area (Å²) in [7, 11) is 1.88. The van der Waals surface area contributed by atoms with Gasteiger partial charge in [-0.05, 0) is 61.9 Å². The molecule has 0 spiro atoms. The second-order valence-electron chi connectivity index (χ2n) is 6.33. The van der Waals surface area contributed by atoms with Crippen LogP contribution in [0.5, 0.6) is 5.75 Å². The summed E-state index contributed by atoms with van der Waals surface area (Å²) in [6.45, 7) is 4.20. The van der Waals surface area contributed by atoms with Crippen LogP contribution < -0.4 is 10.1 Å². The molecule has 136 valence electrons. The zero-order valence-corrected chi connectivity index (χ0v) is 16.4. The van der Waals surface area contributed by atoms with Crippen LogP contribution in [0.3, 0.4) is 0 Å². The topological polar surface area (TPSA) is 43.3 Å². The maximum absolute atomic E-state index is 12.8. The van der Waals surface area contributed by atoms with Gasteiger partial charge in [-0.3, -0.25) is 4.79 Å². The molecule has 1 aromatic heterocycles. The van der Waals surface area contributed by atoms with E-state index in [0.717, 1.165) is 16.5 Å². The van der Waals surface area contributed by atoms with Crippen LogP contribution in [-0.2, 0) is 7.05 Å². The van der Waals surface area contributed by atoms with E-state index in [4.69, 9.17) is 27.9 Å². The Hall–Kier alpha value is -2.17. The summed E-state index contributed by atoms with van der Waals surface area (Å²) < 4.78 is 7.59. The van der Waals surface area contributed by atoms with Gasteiger partial charge in [-0.15, -0.1) is 0 Å². The average molecular weight is 391 g/mol. The molecule has 1 N–H and O–H groups in total. The first-order valence-corrected chi connectivity index (χ1v) is 9.06. The Kier molecular flexibility index (Phi) is 5.44. The summed E-state index contributed by atoms with van der Waals surface area (Å²) in [6.07, 6.45) is 0. The monoisotopic (exact) mass is 390 g/mol. The van der Waals surface area contributed by atoms with E-state index >= 15 is 0 Å².